The second kappa shape index (κ2) is 6.90. The third kappa shape index (κ3) is 3.17. The third-order valence-electron chi connectivity index (χ3n) is 4.42. The van der Waals surface area contributed by atoms with Crippen molar-refractivity contribution in [3.63, 3.8) is 0 Å². The maximum Gasteiger partial charge on any atom is 0.255 e. The van der Waals surface area contributed by atoms with E-state index in [1.165, 1.54) is 12.1 Å². The monoisotopic (exact) mass is 405 g/mol. The molecule has 1 amide bonds. The molecule has 1 aromatic carbocycles. The van der Waals surface area contributed by atoms with Gasteiger partial charge in [0.15, 0.2) is 17.5 Å². The summed E-state index contributed by atoms with van der Waals surface area (Å²) in [5, 5.41) is 8.03. The van der Waals surface area contributed by atoms with Crippen LogP contribution in [0.15, 0.2) is 30.3 Å². The summed E-state index contributed by atoms with van der Waals surface area (Å²) in [6.45, 7) is 3.08. The molecule has 6 nitrogen and oxygen atoms in total. The molecule has 0 aliphatic carbocycles. The normalized spacial score (nSPS) is 13.6. The van der Waals surface area contributed by atoms with E-state index in [4.69, 9.17) is 23.2 Å². The minimum atomic E-state index is -0.794. The first kappa shape index (κ1) is 17.9. The van der Waals surface area contributed by atoms with E-state index in [1.54, 1.807) is 4.90 Å². The fourth-order valence-corrected chi connectivity index (χ4v) is 3.50. The summed E-state index contributed by atoms with van der Waals surface area (Å²) in [7, 11) is 0. The summed E-state index contributed by atoms with van der Waals surface area (Å²) in [5.41, 5.74) is 1.69. The molecule has 0 N–H and O–H groups in total. The van der Waals surface area contributed by atoms with Gasteiger partial charge in [-0.1, -0.05) is 29.3 Å². The second-order valence-corrected chi connectivity index (χ2v) is 6.99. The number of fused-ring (bicyclic) bond motifs is 1. The van der Waals surface area contributed by atoms with Gasteiger partial charge in [-0.3, -0.25) is 4.79 Å². The van der Waals surface area contributed by atoms with Crippen LogP contribution < -0.4 is 0 Å². The summed E-state index contributed by atoms with van der Waals surface area (Å²) in [6.07, 6.45) is 0. The lowest BCUT2D eigenvalue weighted by Crippen LogP contribution is -2.38. The van der Waals surface area contributed by atoms with Crippen LogP contribution in [0.4, 0.5) is 4.39 Å². The fourth-order valence-electron chi connectivity index (χ4n) is 3.05. The molecule has 3 heterocycles. The number of aryl methyl sites for hydroxylation is 1. The summed E-state index contributed by atoms with van der Waals surface area (Å²) in [5.74, 6) is 0.132. The molecule has 4 rings (SSSR count). The number of hydrogen-bond acceptors (Lipinski definition) is 4. The van der Waals surface area contributed by atoms with Crippen molar-refractivity contribution in [2.24, 2.45) is 0 Å². The van der Waals surface area contributed by atoms with Crippen LogP contribution in [0, 0.1) is 12.7 Å². The molecule has 0 fully saturated rings. The molecule has 27 heavy (non-hydrogen) atoms. The lowest BCUT2D eigenvalue weighted by Gasteiger charge is -2.28. The summed E-state index contributed by atoms with van der Waals surface area (Å²) < 4.78 is 15.9. The van der Waals surface area contributed by atoms with E-state index in [1.807, 2.05) is 29.7 Å². The first-order valence-electron chi connectivity index (χ1n) is 8.24. The van der Waals surface area contributed by atoms with Crippen LogP contribution in [-0.2, 0) is 13.1 Å². The predicted octanol–water partition coefficient (Wildman–Crippen LogP) is 3.75. The zero-order valence-corrected chi connectivity index (χ0v) is 15.8. The Hall–Kier alpha value is -2.51. The van der Waals surface area contributed by atoms with E-state index >= 15 is 0 Å². The molecule has 0 saturated carbocycles. The summed E-state index contributed by atoms with van der Waals surface area (Å²) in [6, 6.07) is 8.45. The number of pyridine rings is 1. The predicted molar refractivity (Wildman–Crippen MR) is 99.2 cm³/mol. The Morgan fingerprint density at radius 1 is 1.15 bits per heavy atom. The number of hydrogen-bond donors (Lipinski definition) is 0. The first-order valence-corrected chi connectivity index (χ1v) is 9.00. The van der Waals surface area contributed by atoms with Crippen molar-refractivity contribution in [2.75, 3.05) is 6.54 Å². The number of benzene rings is 1. The van der Waals surface area contributed by atoms with Crippen molar-refractivity contribution in [1.29, 1.82) is 0 Å². The quantitative estimate of drug-likeness (QED) is 0.609. The van der Waals surface area contributed by atoms with Crippen LogP contribution in [0.25, 0.3) is 11.5 Å². The summed E-state index contributed by atoms with van der Waals surface area (Å²) >= 11 is 11.7. The van der Waals surface area contributed by atoms with E-state index in [0.717, 1.165) is 11.4 Å². The van der Waals surface area contributed by atoms with Gasteiger partial charge in [0.25, 0.3) is 5.91 Å². The topological polar surface area (TPSA) is 63.9 Å². The van der Waals surface area contributed by atoms with Crippen molar-refractivity contribution in [3.8, 4) is 11.5 Å². The Morgan fingerprint density at radius 3 is 2.74 bits per heavy atom. The SMILES string of the molecule is Cc1cccc(-c2nnc3n2CCN(C(=O)c2ccc(Cl)c(F)c2Cl)C3)n1. The highest BCUT2D eigenvalue weighted by Gasteiger charge is 2.28. The lowest BCUT2D eigenvalue weighted by molar-refractivity contribution is 0.0707. The fraction of sp³-hybridized carbons (Fsp3) is 0.222. The number of carbonyl (C=O) groups excluding carboxylic acids is 1. The average molecular weight is 406 g/mol. The van der Waals surface area contributed by atoms with Gasteiger partial charge in [-0.05, 0) is 31.2 Å². The number of amides is 1. The smallest absolute Gasteiger partial charge is 0.255 e. The Balaban J connectivity index is 1.61. The second-order valence-electron chi connectivity index (χ2n) is 6.21. The van der Waals surface area contributed by atoms with E-state index in [-0.39, 0.29) is 28.1 Å². The lowest BCUT2D eigenvalue weighted by atomic mass is 10.1. The molecule has 3 aromatic rings. The van der Waals surface area contributed by atoms with E-state index < -0.39 is 5.82 Å². The van der Waals surface area contributed by atoms with Crippen LogP contribution in [-0.4, -0.2) is 37.1 Å². The average Bonchev–Trinajstić information content (AvgIpc) is 3.09. The minimum Gasteiger partial charge on any atom is -0.329 e. The molecule has 0 saturated heterocycles. The number of rotatable bonds is 2. The van der Waals surface area contributed by atoms with Crippen LogP contribution in [0.1, 0.15) is 21.9 Å². The van der Waals surface area contributed by atoms with Crippen LogP contribution in [0.5, 0.6) is 0 Å². The van der Waals surface area contributed by atoms with E-state index in [9.17, 15) is 9.18 Å². The molecule has 2 aromatic heterocycles. The Labute approximate surface area is 164 Å². The van der Waals surface area contributed by atoms with Crippen molar-refractivity contribution in [2.45, 2.75) is 20.0 Å². The summed E-state index contributed by atoms with van der Waals surface area (Å²) in [4.78, 5) is 18.8. The molecule has 0 atom stereocenters. The highest BCUT2D eigenvalue weighted by Crippen LogP contribution is 2.28. The van der Waals surface area contributed by atoms with Gasteiger partial charge >= 0.3 is 0 Å². The van der Waals surface area contributed by atoms with Gasteiger partial charge in [-0.25, -0.2) is 9.37 Å². The van der Waals surface area contributed by atoms with Crippen molar-refractivity contribution >= 4 is 29.1 Å². The van der Waals surface area contributed by atoms with E-state index in [0.29, 0.717) is 24.7 Å². The van der Waals surface area contributed by atoms with Gasteiger partial charge in [0, 0.05) is 18.8 Å². The van der Waals surface area contributed by atoms with Gasteiger partial charge < -0.3 is 9.47 Å². The zero-order valence-electron chi connectivity index (χ0n) is 14.3. The number of aromatic nitrogens is 4. The highest BCUT2D eigenvalue weighted by atomic mass is 35.5. The van der Waals surface area contributed by atoms with E-state index in [2.05, 4.69) is 15.2 Å². The number of nitrogens with zero attached hydrogens (tertiary/aromatic N) is 5. The molecular formula is C18H14Cl2FN5O. The highest BCUT2D eigenvalue weighted by molar-refractivity contribution is 6.37. The van der Waals surface area contributed by atoms with Gasteiger partial charge in [0.2, 0.25) is 0 Å². The first-order chi connectivity index (χ1) is 13.0. The molecule has 0 unspecified atom stereocenters. The zero-order chi connectivity index (χ0) is 19.1. The molecule has 1 aliphatic heterocycles. The molecular weight excluding hydrogens is 392 g/mol. The number of halogens is 3. The largest absolute Gasteiger partial charge is 0.329 e. The maximum atomic E-state index is 13.9. The Morgan fingerprint density at radius 2 is 1.96 bits per heavy atom. The van der Waals surface area contributed by atoms with Gasteiger partial charge in [-0.15, -0.1) is 10.2 Å². The van der Waals surface area contributed by atoms with Gasteiger partial charge in [0.05, 0.1) is 22.2 Å². The van der Waals surface area contributed by atoms with Crippen molar-refractivity contribution in [3.05, 3.63) is 63.3 Å². The van der Waals surface area contributed by atoms with Crippen molar-refractivity contribution < 1.29 is 9.18 Å². The number of carbonyl (C=O) groups is 1. The van der Waals surface area contributed by atoms with Crippen LogP contribution >= 0.6 is 23.2 Å². The van der Waals surface area contributed by atoms with Gasteiger partial charge in [-0.2, -0.15) is 0 Å². The van der Waals surface area contributed by atoms with Gasteiger partial charge in [0.1, 0.15) is 5.69 Å². The Kier molecular flexibility index (Phi) is 4.57. The third-order valence-corrected chi connectivity index (χ3v) is 5.08. The minimum absolute atomic E-state index is 0.0760. The maximum absolute atomic E-state index is 13.9. The van der Waals surface area contributed by atoms with Crippen LogP contribution in [0.2, 0.25) is 10.0 Å². The molecule has 9 heteroatoms. The molecule has 0 bridgehead atoms. The molecule has 1 aliphatic rings. The van der Waals surface area contributed by atoms with Crippen molar-refractivity contribution in [1.82, 2.24) is 24.6 Å². The van der Waals surface area contributed by atoms with Crippen LogP contribution in [0.3, 0.4) is 0 Å². The Bertz CT molecular complexity index is 1050. The molecule has 138 valence electrons. The standard InChI is InChI=1S/C18H14Cl2FN5O/c1-10-3-2-4-13(22-10)17-24-23-14-9-25(7-8-26(14)17)18(27)11-5-6-12(19)16(21)15(11)20/h2-6H,7-9H2,1H3. The molecule has 0 radical (unpaired) electrons. The molecule has 0 spiro atoms.